The number of aliphatic imine (C=N–C) groups is 1. The Bertz CT molecular complexity index is 1420. The molecule has 0 spiro atoms. The third-order valence-electron chi connectivity index (χ3n) is 5.50. The van der Waals surface area contributed by atoms with Gasteiger partial charge in [0.2, 0.25) is 0 Å². The van der Waals surface area contributed by atoms with Gasteiger partial charge in [-0.05, 0) is 60.5 Å². The van der Waals surface area contributed by atoms with Crippen LogP contribution in [0.1, 0.15) is 27.0 Å². The quantitative estimate of drug-likeness (QED) is 0.268. The molecular formula is C28H20Cl2N2OS. The SMILES string of the molecule is O=C(NCCc1cccc(Cl)c1)c1ccc2c(c1)N=C(c1cccc(Cl)c1)c1ccccc1S2. The van der Waals surface area contributed by atoms with Crippen LogP contribution in [0, 0.1) is 0 Å². The number of hydrogen-bond acceptors (Lipinski definition) is 3. The van der Waals surface area contributed by atoms with Crippen molar-refractivity contribution in [3.63, 3.8) is 0 Å². The van der Waals surface area contributed by atoms with Crippen LogP contribution in [0.25, 0.3) is 0 Å². The number of hydrogen-bond donors (Lipinski definition) is 1. The van der Waals surface area contributed by atoms with Crippen molar-refractivity contribution in [2.24, 2.45) is 4.99 Å². The van der Waals surface area contributed by atoms with E-state index in [1.54, 1.807) is 11.8 Å². The van der Waals surface area contributed by atoms with Crippen LogP contribution in [0.2, 0.25) is 10.0 Å². The molecule has 5 rings (SSSR count). The smallest absolute Gasteiger partial charge is 0.251 e. The minimum Gasteiger partial charge on any atom is -0.352 e. The van der Waals surface area contributed by atoms with Crippen molar-refractivity contribution in [3.8, 4) is 0 Å². The lowest BCUT2D eigenvalue weighted by molar-refractivity contribution is 0.0954. The van der Waals surface area contributed by atoms with Gasteiger partial charge in [-0.1, -0.05) is 77.4 Å². The van der Waals surface area contributed by atoms with Crippen molar-refractivity contribution in [2.75, 3.05) is 6.54 Å². The Kier molecular flexibility index (Phi) is 6.73. The van der Waals surface area contributed by atoms with Gasteiger partial charge in [0.15, 0.2) is 0 Å². The summed E-state index contributed by atoms with van der Waals surface area (Å²) in [6.45, 7) is 0.521. The molecule has 1 aliphatic rings. The van der Waals surface area contributed by atoms with Crippen molar-refractivity contribution in [1.82, 2.24) is 5.32 Å². The van der Waals surface area contributed by atoms with Crippen LogP contribution < -0.4 is 5.32 Å². The van der Waals surface area contributed by atoms with E-state index in [1.807, 2.05) is 78.9 Å². The van der Waals surface area contributed by atoms with Gasteiger partial charge in [0, 0.05) is 43.1 Å². The summed E-state index contributed by atoms with van der Waals surface area (Å²) in [4.78, 5) is 20.0. The van der Waals surface area contributed by atoms with E-state index in [1.165, 1.54) is 0 Å². The Labute approximate surface area is 212 Å². The lowest BCUT2D eigenvalue weighted by Crippen LogP contribution is -2.25. The fourth-order valence-corrected chi connectivity index (χ4v) is 5.26. The van der Waals surface area contributed by atoms with Gasteiger partial charge in [-0.15, -0.1) is 0 Å². The predicted octanol–water partition coefficient (Wildman–Crippen LogP) is 7.60. The Balaban J connectivity index is 1.44. The average molecular weight is 503 g/mol. The van der Waals surface area contributed by atoms with Gasteiger partial charge in [0.1, 0.15) is 0 Å². The second-order valence-corrected chi connectivity index (χ2v) is 9.84. The van der Waals surface area contributed by atoms with E-state index in [-0.39, 0.29) is 5.91 Å². The van der Waals surface area contributed by atoms with E-state index in [0.717, 1.165) is 37.9 Å². The van der Waals surface area contributed by atoms with Gasteiger partial charge in [-0.3, -0.25) is 4.79 Å². The van der Waals surface area contributed by atoms with Crippen LogP contribution in [0.5, 0.6) is 0 Å². The summed E-state index contributed by atoms with van der Waals surface area (Å²) in [5.74, 6) is -0.129. The number of rotatable bonds is 5. The maximum atomic E-state index is 12.9. The molecule has 1 N–H and O–H groups in total. The summed E-state index contributed by atoms with van der Waals surface area (Å²) < 4.78 is 0. The molecule has 1 heterocycles. The molecule has 3 nitrogen and oxygen atoms in total. The van der Waals surface area contributed by atoms with Crippen molar-refractivity contribution in [3.05, 3.63) is 123 Å². The van der Waals surface area contributed by atoms with Crippen LogP contribution >= 0.6 is 35.0 Å². The highest BCUT2D eigenvalue weighted by atomic mass is 35.5. The first kappa shape index (κ1) is 22.7. The van der Waals surface area contributed by atoms with Crippen LogP contribution in [0.15, 0.2) is 106 Å². The zero-order valence-corrected chi connectivity index (χ0v) is 20.4. The molecule has 6 heteroatoms. The first-order valence-electron chi connectivity index (χ1n) is 10.9. The normalized spacial score (nSPS) is 12.2. The molecule has 0 aliphatic carbocycles. The molecule has 0 saturated heterocycles. The molecule has 1 amide bonds. The molecule has 0 saturated carbocycles. The Morgan fingerprint density at radius 3 is 2.44 bits per heavy atom. The summed E-state index contributed by atoms with van der Waals surface area (Å²) in [7, 11) is 0. The molecule has 4 aromatic rings. The highest BCUT2D eigenvalue weighted by Crippen LogP contribution is 2.41. The number of carbonyl (C=O) groups excluding carboxylic acids is 1. The number of fused-ring (bicyclic) bond motifs is 2. The van der Waals surface area contributed by atoms with Crippen molar-refractivity contribution in [2.45, 2.75) is 16.2 Å². The maximum Gasteiger partial charge on any atom is 0.251 e. The summed E-state index contributed by atoms with van der Waals surface area (Å²) >= 11 is 14.0. The first-order chi connectivity index (χ1) is 16.6. The summed E-state index contributed by atoms with van der Waals surface area (Å²) in [5.41, 5.74) is 5.23. The van der Waals surface area contributed by atoms with E-state index in [9.17, 15) is 4.79 Å². The van der Waals surface area contributed by atoms with E-state index in [4.69, 9.17) is 28.2 Å². The Morgan fingerprint density at radius 2 is 1.62 bits per heavy atom. The van der Waals surface area contributed by atoms with E-state index >= 15 is 0 Å². The van der Waals surface area contributed by atoms with Gasteiger partial charge in [0.25, 0.3) is 5.91 Å². The second-order valence-electron chi connectivity index (χ2n) is 7.89. The molecule has 168 valence electrons. The lowest BCUT2D eigenvalue weighted by atomic mass is 10.0. The van der Waals surface area contributed by atoms with Gasteiger partial charge in [0.05, 0.1) is 11.4 Å². The van der Waals surface area contributed by atoms with Gasteiger partial charge < -0.3 is 5.32 Å². The monoisotopic (exact) mass is 502 g/mol. The largest absolute Gasteiger partial charge is 0.352 e. The third-order valence-corrected chi connectivity index (χ3v) is 7.11. The Morgan fingerprint density at radius 1 is 0.824 bits per heavy atom. The number of nitrogens with zero attached hydrogens (tertiary/aromatic N) is 1. The van der Waals surface area contributed by atoms with Gasteiger partial charge in [-0.2, -0.15) is 0 Å². The summed E-state index contributed by atoms with van der Waals surface area (Å²) in [6, 6.07) is 29.2. The summed E-state index contributed by atoms with van der Waals surface area (Å²) in [6.07, 6.45) is 0.708. The second kappa shape index (κ2) is 10.1. The standard InChI is InChI=1S/C28H20Cl2N2OS/c29-21-7-3-5-18(15-21)13-14-31-28(33)20-11-12-26-24(17-20)32-27(19-6-4-8-22(30)16-19)23-9-1-2-10-25(23)34-26/h1-12,15-17H,13-14H2,(H,31,33). The molecule has 1 aliphatic heterocycles. The minimum atomic E-state index is -0.129. The van der Waals surface area contributed by atoms with Gasteiger partial charge >= 0.3 is 0 Å². The van der Waals surface area contributed by atoms with E-state index in [0.29, 0.717) is 28.6 Å². The molecule has 4 aromatic carbocycles. The fourth-order valence-electron chi connectivity index (χ4n) is 3.85. The number of carbonyl (C=O) groups is 1. The lowest BCUT2D eigenvalue weighted by Gasteiger charge is -2.09. The highest BCUT2D eigenvalue weighted by Gasteiger charge is 2.20. The van der Waals surface area contributed by atoms with E-state index in [2.05, 4.69) is 17.4 Å². The van der Waals surface area contributed by atoms with Crippen molar-refractivity contribution < 1.29 is 4.79 Å². The number of halogens is 2. The molecule has 0 radical (unpaired) electrons. The van der Waals surface area contributed by atoms with Crippen molar-refractivity contribution in [1.29, 1.82) is 0 Å². The number of nitrogens with one attached hydrogen (secondary N) is 1. The van der Waals surface area contributed by atoms with Crippen LogP contribution in [-0.2, 0) is 6.42 Å². The van der Waals surface area contributed by atoms with Crippen LogP contribution in [0.4, 0.5) is 5.69 Å². The maximum absolute atomic E-state index is 12.9. The third kappa shape index (κ3) is 5.05. The molecule has 0 aromatic heterocycles. The molecule has 0 bridgehead atoms. The van der Waals surface area contributed by atoms with Crippen molar-refractivity contribution >= 4 is 52.3 Å². The zero-order valence-electron chi connectivity index (χ0n) is 18.1. The van der Waals surface area contributed by atoms with Gasteiger partial charge in [-0.25, -0.2) is 4.99 Å². The molecule has 0 atom stereocenters. The van der Waals surface area contributed by atoms with Crippen LogP contribution in [-0.4, -0.2) is 18.2 Å². The molecule has 34 heavy (non-hydrogen) atoms. The summed E-state index contributed by atoms with van der Waals surface area (Å²) in [5, 5.41) is 4.35. The average Bonchev–Trinajstić information content (AvgIpc) is 3.00. The molecule has 0 unspecified atom stereocenters. The predicted molar refractivity (Wildman–Crippen MR) is 141 cm³/mol. The van der Waals surface area contributed by atoms with Crippen LogP contribution in [0.3, 0.4) is 0 Å². The zero-order chi connectivity index (χ0) is 23.5. The number of benzene rings is 4. The highest BCUT2D eigenvalue weighted by molar-refractivity contribution is 7.99. The molecule has 0 fully saturated rings. The number of amides is 1. The molecular weight excluding hydrogens is 483 g/mol. The fraction of sp³-hybridized carbons (Fsp3) is 0.0714. The van der Waals surface area contributed by atoms with E-state index < -0.39 is 0 Å². The first-order valence-corrected chi connectivity index (χ1v) is 12.4. The minimum absolute atomic E-state index is 0.129. The topological polar surface area (TPSA) is 41.5 Å². The Hall–Kier alpha value is -3.05.